The highest BCUT2D eigenvalue weighted by Crippen LogP contribution is 2.30. The van der Waals surface area contributed by atoms with Crippen LogP contribution in [0.4, 0.5) is 0 Å². The smallest absolute Gasteiger partial charge is 0.295 e. The Bertz CT molecular complexity index is 2620. The summed E-state index contributed by atoms with van der Waals surface area (Å²) < 4.78 is 79.2. The molecule has 1 amide bonds. The van der Waals surface area contributed by atoms with Gasteiger partial charge in [0.2, 0.25) is 26.0 Å². The lowest BCUT2D eigenvalue weighted by Crippen LogP contribution is -2.33. The number of sulfonamides is 2. The number of methoxy groups -OCH3 is 2. The first-order chi connectivity index (χ1) is 36.7. The van der Waals surface area contributed by atoms with Gasteiger partial charge in [0, 0.05) is 72.5 Å². The van der Waals surface area contributed by atoms with Gasteiger partial charge in [0.15, 0.2) is 6.79 Å². The highest BCUT2D eigenvalue weighted by Gasteiger charge is 2.27. The average Bonchev–Trinajstić information content (AvgIpc) is 4.19. The van der Waals surface area contributed by atoms with Gasteiger partial charge in [-0.2, -0.15) is 8.61 Å². The molecule has 0 aromatic heterocycles. The van der Waals surface area contributed by atoms with Crippen LogP contribution in [0.5, 0.6) is 11.5 Å². The number of ether oxygens (including phenoxy) is 5. The number of benzene rings is 4. The SMILES string of the molecule is CNCc1ccc(CN(C)C2CCCC2)cc1.COc1cc(C)c(S(=O)(=O)N(C)CCOCC(=O)N(C)Cc2ccc(CN(C)C3CCCC3)cc2)c(C)c1.COc1cc(C)c(S(=O)(=O)N(C)CCOCOC=O)c(C)c1.Cl. The number of hydrogen-bond donors (Lipinski definition) is 1. The van der Waals surface area contributed by atoms with Gasteiger partial charge in [-0.3, -0.25) is 19.4 Å². The van der Waals surface area contributed by atoms with Crippen molar-refractivity contribution in [3.63, 3.8) is 0 Å². The fourth-order valence-electron chi connectivity index (χ4n) is 9.82. The molecule has 4 aromatic carbocycles. The minimum Gasteiger partial charge on any atom is -0.497 e. The van der Waals surface area contributed by atoms with Crippen LogP contribution in [0.3, 0.4) is 0 Å². The van der Waals surface area contributed by atoms with Crippen LogP contribution in [0, 0.1) is 27.7 Å². The van der Waals surface area contributed by atoms with Crippen molar-refractivity contribution < 1.29 is 50.1 Å². The summed E-state index contributed by atoms with van der Waals surface area (Å²) in [5.74, 6) is 1.09. The Morgan fingerprint density at radius 1 is 0.590 bits per heavy atom. The third-order valence-electron chi connectivity index (χ3n) is 14.3. The second-order valence-corrected chi connectivity index (χ2v) is 24.3. The van der Waals surface area contributed by atoms with Crippen molar-refractivity contribution >= 4 is 44.8 Å². The molecule has 0 radical (unpaired) electrons. The first kappa shape index (κ1) is 67.6. The fraction of sp³-hybridized carbons (Fsp3) is 0.552. The van der Waals surface area contributed by atoms with E-state index in [1.807, 2.05) is 7.05 Å². The molecule has 2 saturated carbocycles. The summed E-state index contributed by atoms with van der Waals surface area (Å²) in [6.07, 6.45) is 10.8. The van der Waals surface area contributed by atoms with Gasteiger partial charge in [-0.25, -0.2) is 16.8 Å². The normalized spacial score (nSPS) is 13.9. The summed E-state index contributed by atoms with van der Waals surface area (Å²) in [5.41, 5.74) is 7.62. The molecule has 2 fully saturated rings. The van der Waals surface area contributed by atoms with E-state index in [0.29, 0.717) is 46.3 Å². The molecule has 0 heterocycles. The molecular formula is C58H89ClN6O11S2. The summed E-state index contributed by atoms with van der Waals surface area (Å²) >= 11 is 0. The number of likely N-dealkylation sites (N-methyl/N-ethyl adjacent to an activating group) is 3. The monoisotopic (exact) mass is 1140 g/mol. The quantitative estimate of drug-likeness (QED) is 0.0343. The van der Waals surface area contributed by atoms with Gasteiger partial charge < -0.3 is 33.9 Å². The Balaban J connectivity index is 0.000000338. The first-order valence-corrected chi connectivity index (χ1v) is 29.4. The van der Waals surface area contributed by atoms with Crippen LogP contribution >= 0.6 is 12.4 Å². The molecule has 0 atom stereocenters. The maximum atomic E-state index is 13.1. The van der Waals surface area contributed by atoms with E-state index < -0.39 is 20.0 Å². The van der Waals surface area contributed by atoms with E-state index in [9.17, 15) is 26.4 Å². The predicted molar refractivity (Wildman–Crippen MR) is 310 cm³/mol. The molecule has 17 nitrogen and oxygen atoms in total. The molecule has 436 valence electrons. The van der Waals surface area contributed by atoms with E-state index in [1.165, 1.54) is 97.9 Å². The van der Waals surface area contributed by atoms with Crippen LogP contribution in [-0.4, -0.2) is 161 Å². The minimum absolute atomic E-state index is 0. The Labute approximate surface area is 473 Å². The first-order valence-electron chi connectivity index (χ1n) is 26.5. The van der Waals surface area contributed by atoms with Crippen molar-refractivity contribution in [3.8, 4) is 11.5 Å². The molecule has 1 N–H and O–H groups in total. The molecule has 0 aliphatic heterocycles. The standard InChI is InChI=1S/C29H43N3O5S.C15H24N2.C14H21NO6S.ClH/c1-22-17-27(36-6)18-23(2)29(22)38(34,35)32(5)15-16-37-21-28(33)31(4)20-25-13-11-24(12-14-25)19-30(3)26-9-7-8-10-26;1-16-11-13-7-9-14(10-8-13)12-17(2)15-5-3-4-6-15;1-11-7-13(19-4)8-12(2)14(11)22(17,18)15(3)5-6-20-10-21-9-16;/h11-14,17-18,26H,7-10,15-16,19-21H2,1-6H3;7-10,15-16H,3-6,11-12H2,1-2H3;7-9H,5-6,10H2,1-4H3;1H. The second-order valence-electron chi connectivity index (χ2n) is 20.3. The van der Waals surface area contributed by atoms with Crippen molar-refractivity contribution in [2.45, 2.75) is 127 Å². The molecular weight excluding hydrogens is 1060 g/mol. The van der Waals surface area contributed by atoms with Gasteiger partial charge >= 0.3 is 0 Å². The highest BCUT2D eigenvalue weighted by atomic mass is 35.5. The number of hydrogen-bond acceptors (Lipinski definition) is 14. The zero-order valence-electron chi connectivity index (χ0n) is 48.3. The van der Waals surface area contributed by atoms with E-state index >= 15 is 0 Å². The Morgan fingerprint density at radius 3 is 1.31 bits per heavy atom. The minimum atomic E-state index is -3.70. The number of aryl methyl sites for hydroxylation is 4. The molecule has 0 spiro atoms. The summed E-state index contributed by atoms with van der Waals surface area (Å²) in [7, 11) is 6.95. The van der Waals surface area contributed by atoms with Crippen LogP contribution in [0.25, 0.3) is 0 Å². The third-order valence-corrected chi connectivity index (χ3v) is 18.6. The molecule has 20 heteroatoms. The molecule has 2 aliphatic rings. The topological polar surface area (TPSA) is 177 Å². The number of nitrogens with one attached hydrogen (secondary N) is 1. The molecule has 6 rings (SSSR count). The maximum absolute atomic E-state index is 13.1. The Hall–Kier alpha value is -4.67. The van der Waals surface area contributed by atoms with Crippen molar-refractivity contribution in [1.29, 1.82) is 0 Å². The van der Waals surface area contributed by atoms with Crippen molar-refractivity contribution in [2.75, 3.05) is 96.2 Å². The van der Waals surface area contributed by atoms with Gasteiger partial charge in [-0.1, -0.05) is 74.2 Å². The van der Waals surface area contributed by atoms with E-state index in [-0.39, 0.29) is 74.3 Å². The Kier molecular flexibility index (Phi) is 29.3. The lowest BCUT2D eigenvalue weighted by Gasteiger charge is -2.24. The zero-order chi connectivity index (χ0) is 56.7. The van der Waals surface area contributed by atoms with E-state index in [1.54, 1.807) is 71.0 Å². The van der Waals surface area contributed by atoms with Gasteiger partial charge in [-0.05, 0) is 143 Å². The number of rotatable bonds is 27. The Morgan fingerprint density at radius 2 is 0.949 bits per heavy atom. The van der Waals surface area contributed by atoms with Gasteiger partial charge in [0.1, 0.15) is 18.1 Å². The summed E-state index contributed by atoms with van der Waals surface area (Å²) in [6, 6.07) is 25.7. The van der Waals surface area contributed by atoms with Crippen LogP contribution in [0.2, 0.25) is 0 Å². The molecule has 78 heavy (non-hydrogen) atoms. The van der Waals surface area contributed by atoms with E-state index in [0.717, 1.165) is 31.2 Å². The summed E-state index contributed by atoms with van der Waals surface area (Å²) in [4.78, 5) is 29.6. The molecule has 2 aliphatic carbocycles. The molecule has 0 unspecified atom stereocenters. The fourth-order valence-corrected chi connectivity index (χ4v) is 12.9. The average molecular weight is 1150 g/mol. The predicted octanol–water partition coefficient (Wildman–Crippen LogP) is 8.26. The number of carbonyl (C=O) groups is 2. The maximum Gasteiger partial charge on any atom is 0.295 e. The van der Waals surface area contributed by atoms with Crippen LogP contribution in [0.1, 0.15) is 95.9 Å². The molecule has 0 saturated heterocycles. The van der Waals surface area contributed by atoms with Crippen LogP contribution in [-0.2, 0) is 70.0 Å². The van der Waals surface area contributed by atoms with Crippen LogP contribution < -0.4 is 14.8 Å². The summed E-state index contributed by atoms with van der Waals surface area (Å²) in [5, 5.41) is 3.18. The van der Waals surface area contributed by atoms with Gasteiger partial charge in [-0.15, -0.1) is 12.4 Å². The van der Waals surface area contributed by atoms with Crippen molar-refractivity contribution in [2.24, 2.45) is 0 Å². The molecule has 0 bridgehead atoms. The number of nitrogens with zero attached hydrogens (tertiary/aromatic N) is 5. The van der Waals surface area contributed by atoms with Crippen LogP contribution in [0.15, 0.2) is 82.6 Å². The number of carbonyl (C=O) groups excluding carboxylic acids is 2. The zero-order valence-corrected chi connectivity index (χ0v) is 50.8. The van der Waals surface area contributed by atoms with Gasteiger partial charge in [0.25, 0.3) is 6.47 Å². The van der Waals surface area contributed by atoms with Crippen molar-refractivity contribution in [3.05, 3.63) is 117 Å². The van der Waals surface area contributed by atoms with E-state index in [2.05, 4.69) is 82.5 Å². The largest absolute Gasteiger partial charge is 0.497 e. The molecule has 4 aromatic rings. The lowest BCUT2D eigenvalue weighted by atomic mass is 10.1. The van der Waals surface area contributed by atoms with Crippen molar-refractivity contribution in [1.82, 2.24) is 28.6 Å². The highest BCUT2D eigenvalue weighted by molar-refractivity contribution is 7.89. The van der Waals surface area contributed by atoms with Gasteiger partial charge in [0.05, 0.1) is 37.2 Å². The number of amides is 1. The third kappa shape index (κ3) is 20.8. The van der Waals surface area contributed by atoms with E-state index in [4.69, 9.17) is 18.9 Å². The lowest BCUT2D eigenvalue weighted by molar-refractivity contribution is -0.140. The summed E-state index contributed by atoms with van der Waals surface area (Å²) in [6.45, 7) is 10.9. The number of halogens is 1. The second kappa shape index (κ2) is 33.8.